The number of nitrogens with two attached hydrogens (primary N) is 1. The molecule has 3 atom stereocenters. The smallest absolute Gasteiger partial charge is 0.287 e. The Kier molecular flexibility index (Phi) is 5.09. The molecule has 27 heavy (non-hydrogen) atoms. The van der Waals surface area contributed by atoms with Gasteiger partial charge in [0.25, 0.3) is 5.69 Å². The van der Waals surface area contributed by atoms with E-state index < -0.39 is 15.9 Å². The van der Waals surface area contributed by atoms with Crippen molar-refractivity contribution in [2.45, 2.75) is 51.3 Å². The molecule has 1 aromatic rings. The van der Waals surface area contributed by atoms with Crippen LogP contribution in [-0.2, 0) is 9.53 Å². The first-order valence-electron chi connectivity index (χ1n) is 9.26. The van der Waals surface area contributed by atoms with Crippen LogP contribution in [0.1, 0.15) is 33.6 Å². The molecule has 1 amide bonds. The Balaban J connectivity index is 1.59. The Morgan fingerprint density at radius 1 is 1.52 bits per heavy atom. The van der Waals surface area contributed by atoms with Gasteiger partial charge < -0.3 is 20.7 Å². The van der Waals surface area contributed by atoms with Crippen LogP contribution in [0.4, 0.5) is 11.5 Å². The first-order valence-corrected chi connectivity index (χ1v) is 9.26. The summed E-state index contributed by atoms with van der Waals surface area (Å²) in [5.41, 5.74) is 5.13. The summed E-state index contributed by atoms with van der Waals surface area (Å²) in [7, 11) is 0. The molecule has 2 aliphatic rings. The van der Waals surface area contributed by atoms with Crippen LogP contribution in [0.25, 0.3) is 0 Å². The highest BCUT2D eigenvalue weighted by Crippen LogP contribution is 2.50. The molecule has 1 aliphatic carbocycles. The fraction of sp³-hybridized carbons (Fsp3) is 0.667. The summed E-state index contributed by atoms with van der Waals surface area (Å²) < 4.78 is 5.71. The lowest BCUT2D eigenvalue weighted by atomic mass is 9.54. The molecule has 0 radical (unpaired) electrons. The lowest BCUT2D eigenvalue weighted by molar-refractivity contribution is -0.385. The number of amides is 1. The number of pyridine rings is 1. The number of nitrogens with one attached hydrogen (secondary N) is 1. The van der Waals surface area contributed by atoms with Gasteiger partial charge in [-0.25, -0.2) is 4.98 Å². The van der Waals surface area contributed by atoms with Crippen LogP contribution in [-0.4, -0.2) is 58.1 Å². The summed E-state index contributed by atoms with van der Waals surface area (Å²) in [5, 5.41) is 13.9. The van der Waals surface area contributed by atoms with Gasteiger partial charge in [0.2, 0.25) is 5.91 Å². The van der Waals surface area contributed by atoms with Crippen molar-refractivity contribution in [3.05, 3.63) is 28.4 Å². The number of carbonyl (C=O) groups excluding carboxylic acids is 1. The van der Waals surface area contributed by atoms with Crippen LogP contribution in [0, 0.1) is 15.5 Å². The number of nitro groups is 1. The summed E-state index contributed by atoms with van der Waals surface area (Å²) in [5.74, 6) is 0.521. The zero-order chi connectivity index (χ0) is 19.8. The van der Waals surface area contributed by atoms with Gasteiger partial charge in [0.15, 0.2) is 0 Å². The fourth-order valence-corrected chi connectivity index (χ4v) is 3.93. The molecule has 1 aromatic heterocycles. The van der Waals surface area contributed by atoms with E-state index in [1.165, 1.54) is 12.3 Å². The van der Waals surface area contributed by atoms with Crippen molar-refractivity contribution < 1.29 is 14.5 Å². The molecule has 2 fully saturated rings. The molecule has 1 saturated heterocycles. The van der Waals surface area contributed by atoms with Crippen LogP contribution in [0.15, 0.2) is 18.3 Å². The van der Waals surface area contributed by atoms with Crippen LogP contribution >= 0.6 is 0 Å². The van der Waals surface area contributed by atoms with Crippen molar-refractivity contribution in [3.63, 3.8) is 0 Å². The van der Waals surface area contributed by atoms with Crippen molar-refractivity contribution in [2.75, 3.05) is 25.0 Å². The van der Waals surface area contributed by atoms with E-state index in [9.17, 15) is 14.9 Å². The molecule has 3 N–H and O–H groups in total. The number of anilines is 1. The number of likely N-dealkylation sites (tertiary alicyclic amines) is 1. The van der Waals surface area contributed by atoms with Gasteiger partial charge in [0.05, 0.1) is 11.0 Å². The third-order valence-electron chi connectivity index (χ3n) is 6.00. The van der Waals surface area contributed by atoms with Crippen LogP contribution in [0.3, 0.4) is 0 Å². The average Bonchev–Trinajstić information content (AvgIpc) is 3.09. The van der Waals surface area contributed by atoms with E-state index in [-0.39, 0.29) is 23.7 Å². The predicted molar refractivity (Wildman–Crippen MR) is 100 cm³/mol. The van der Waals surface area contributed by atoms with Gasteiger partial charge in [0, 0.05) is 43.6 Å². The molecule has 0 spiro atoms. The first-order chi connectivity index (χ1) is 12.7. The molecule has 9 heteroatoms. The third-order valence-corrected chi connectivity index (χ3v) is 6.00. The largest absolute Gasteiger partial charge is 0.378 e. The highest BCUT2D eigenvalue weighted by molar-refractivity contribution is 5.89. The second kappa shape index (κ2) is 7.05. The highest BCUT2D eigenvalue weighted by Gasteiger charge is 2.64. The van der Waals surface area contributed by atoms with E-state index in [1.54, 1.807) is 11.0 Å². The second-order valence-electron chi connectivity index (χ2n) is 7.88. The molecule has 1 saturated carbocycles. The van der Waals surface area contributed by atoms with Crippen molar-refractivity contribution in [1.82, 2.24) is 9.88 Å². The van der Waals surface area contributed by atoms with Crippen LogP contribution in [0.5, 0.6) is 0 Å². The van der Waals surface area contributed by atoms with Crippen molar-refractivity contribution in [2.24, 2.45) is 11.1 Å². The summed E-state index contributed by atoms with van der Waals surface area (Å²) in [6.07, 6.45) is 2.53. The summed E-state index contributed by atoms with van der Waals surface area (Å²) >= 11 is 0. The number of ether oxygens (including phenoxy) is 1. The minimum Gasteiger partial charge on any atom is -0.378 e. The third kappa shape index (κ3) is 3.37. The Hall–Kier alpha value is -2.26. The van der Waals surface area contributed by atoms with Crippen molar-refractivity contribution >= 4 is 17.4 Å². The zero-order valence-electron chi connectivity index (χ0n) is 16.0. The minimum absolute atomic E-state index is 0.00251. The molecule has 148 valence electrons. The van der Waals surface area contributed by atoms with Gasteiger partial charge in [0.1, 0.15) is 17.6 Å². The van der Waals surface area contributed by atoms with Gasteiger partial charge in [-0.1, -0.05) is 13.8 Å². The maximum Gasteiger partial charge on any atom is 0.287 e. The lowest BCUT2D eigenvalue weighted by Gasteiger charge is -2.58. The molecule has 0 bridgehead atoms. The van der Waals surface area contributed by atoms with E-state index >= 15 is 0 Å². The van der Waals surface area contributed by atoms with E-state index in [0.717, 1.165) is 6.42 Å². The maximum atomic E-state index is 13.1. The maximum absolute atomic E-state index is 13.1. The molecule has 3 unspecified atom stereocenters. The summed E-state index contributed by atoms with van der Waals surface area (Å²) in [6.45, 7) is 7.68. The predicted octanol–water partition coefficient (Wildman–Crippen LogP) is 1.54. The fourth-order valence-electron chi connectivity index (χ4n) is 3.93. The number of hydrogen-bond acceptors (Lipinski definition) is 7. The minimum atomic E-state index is -0.909. The van der Waals surface area contributed by atoms with E-state index in [2.05, 4.69) is 10.3 Å². The molecule has 3 rings (SSSR count). The Labute approximate surface area is 158 Å². The van der Waals surface area contributed by atoms with E-state index in [4.69, 9.17) is 10.5 Å². The van der Waals surface area contributed by atoms with Gasteiger partial charge in [-0.2, -0.15) is 0 Å². The number of aromatic nitrogens is 1. The number of rotatable bonds is 6. The summed E-state index contributed by atoms with van der Waals surface area (Å²) in [4.78, 5) is 29.1. The SMILES string of the molecule is CCOC1CC(N)(C(=O)N2CCC(Nc3ccc([N+](=O)[O-])cn3)C2)C1(C)C. The molecular formula is C18H27N5O4. The van der Waals surface area contributed by atoms with Gasteiger partial charge in [-0.3, -0.25) is 14.9 Å². The monoisotopic (exact) mass is 377 g/mol. The molecular weight excluding hydrogens is 350 g/mol. The van der Waals surface area contributed by atoms with E-state index in [0.29, 0.717) is 31.9 Å². The zero-order valence-corrected chi connectivity index (χ0v) is 16.0. The Morgan fingerprint density at radius 2 is 2.26 bits per heavy atom. The molecule has 1 aliphatic heterocycles. The molecule has 0 aromatic carbocycles. The quantitative estimate of drug-likeness (QED) is 0.569. The van der Waals surface area contributed by atoms with Gasteiger partial charge in [-0.05, 0) is 19.4 Å². The van der Waals surface area contributed by atoms with Crippen molar-refractivity contribution in [1.29, 1.82) is 0 Å². The van der Waals surface area contributed by atoms with Gasteiger partial charge >= 0.3 is 0 Å². The number of hydrogen-bond donors (Lipinski definition) is 2. The second-order valence-corrected chi connectivity index (χ2v) is 7.88. The molecule has 9 nitrogen and oxygen atoms in total. The first kappa shape index (κ1) is 19.5. The number of carbonyl (C=O) groups is 1. The van der Waals surface area contributed by atoms with E-state index in [1.807, 2.05) is 20.8 Å². The lowest BCUT2D eigenvalue weighted by Crippen LogP contribution is -2.76. The number of nitrogens with zero attached hydrogens (tertiary/aromatic N) is 3. The highest BCUT2D eigenvalue weighted by atomic mass is 16.6. The Morgan fingerprint density at radius 3 is 2.81 bits per heavy atom. The average molecular weight is 377 g/mol. The topological polar surface area (TPSA) is 124 Å². The Bertz CT molecular complexity index is 723. The van der Waals surface area contributed by atoms with Crippen molar-refractivity contribution in [3.8, 4) is 0 Å². The normalized spacial score (nSPS) is 29.3. The standard InChI is InChI=1S/C18H27N5O4/c1-4-27-14-9-18(19,17(14,2)3)16(24)22-8-7-12(11-22)21-15-6-5-13(10-20-15)23(25)26/h5-6,10,12,14H,4,7-9,11,19H2,1-3H3,(H,20,21). The van der Waals surface area contributed by atoms with Crippen LogP contribution < -0.4 is 11.1 Å². The van der Waals surface area contributed by atoms with Gasteiger partial charge in [-0.15, -0.1) is 0 Å². The molecule has 2 heterocycles. The van der Waals surface area contributed by atoms with Crippen LogP contribution in [0.2, 0.25) is 0 Å². The summed E-state index contributed by atoms with van der Waals surface area (Å²) in [6, 6.07) is 3.03.